The topological polar surface area (TPSA) is 50.7 Å². The normalized spacial score (nSPS) is 16.0. The van der Waals surface area contributed by atoms with Gasteiger partial charge in [0.2, 0.25) is 0 Å². The molecular weight excluding hydrogens is 290 g/mol. The first-order valence-electron chi connectivity index (χ1n) is 8.01. The molecule has 0 radical (unpaired) electrons. The van der Waals surface area contributed by atoms with Gasteiger partial charge in [-0.25, -0.2) is 0 Å². The molecule has 0 amide bonds. The summed E-state index contributed by atoms with van der Waals surface area (Å²) in [5, 5.41) is 13.7. The standard InChI is InChI=1S/C19H23NO3/c1-13-3-5-15(6-4-13)17(21)12-20-14(2)16-7-8-18-19(11-16)23-10-9-22-18/h3-8,11,14,17,20-21H,9-10,12H2,1-2H3. The van der Waals surface area contributed by atoms with Crippen LogP contribution < -0.4 is 14.8 Å². The Kier molecular flexibility index (Phi) is 4.84. The van der Waals surface area contributed by atoms with Crippen molar-refractivity contribution in [2.75, 3.05) is 19.8 Å². The van der Waals surface area contributed by atoms with Gasteiger partial charge < -0.3 is 19.9 Å². The van der Waals surface area contributed by atoms with Crippen molar-refractivity contribution in [1.29, 1.82) is 0 Å². The lowest BCUT2D eigenvalue weighted by Gasteiger charge is -2.22. The second kappa shape index (κ2) is 7.02. The van der Waals surface area contributed by atoms with E-state index in [0.29, 0.717) is 19.8 Å². The first-order valence-corrected chi connectivity index (χ1v) is 8.01. The first-order chi connectivity index (χ1) is 11.1. The van der Waals surface area contributed by atoms with Crippen LogP contribution in [0.2, 0.25) is 0 Å². The maximum atomic E-state index is 10.3. The Hall–Kier alpha value is -2.04. The number of ether oxygens (including phenoxy) is 2. The Bertz CT molecular complexity index is 654. The summed E-state index contributed by atoms with van der Waals surface area (Å²) in [4.78, 5) is 0. The van der Waals surface area contributed by atoms with Crippen LogP contribution in [0.3, 0.4) is 0 Å². The Balaban J connectivity index is 1.60. The number of aliphatic hydroxyl groups excluding tert-OH is 1. The average Bonchev–Trinajstić information content (AvgIpc) is 2.59. The summed E-state index contributed by atoms with van der Waals surface area (Å²) in [6.07, 6.45) is -0.518. The van der Waals surface area contributed by atoms with Crippen molar-refractivity contribution in [3.05, 3.63) is 59.2 Å². The fraction of sp³-hybridized carbons (Fsp3) is 0.368. The Morgan fingerprint density at radius 1 is 1.00 bits per heavy atom. The molecule has 2 atom stereocenters. The lowest BCUT2D eigenvalue weighted by Crippen LogP contribution is -2.25. The van der Waals surface area contributed by atoms with Crippen LogP contribution in [0.15, 0.2) is 42.5 Å². The number of aryl methyl sites for hydroxylation is 1. The molecule has 122 valence electrons. The van der Waals surface area contributed by atoms with Gasteiger partial charge in [-0.3, -0.25) is 0 Å². The molecule has 1 aliphatic rings. The highest BCUT2D eigenvalue weighted by Gasteiger charge is 2.15. The second-order valence-corrected chi connectivity index (χ2v) is 5.96. The highest BCUT2D eigenvalue weighted by Crippen LogP contribution is 2.32. The van der Waals surface area contributed by atoms with Gasteiger partial charge in [-0.15, -0.1) is 0 Å². The van der Waals surface area contributed by atoms with E-state index in [0.717, 1.165) is 22.6 Å². The lowest BCUT2D eigenvalue weighted by molar-refractivity contribution is 0.168. The van der Waals surface area contributed by atoms with Crippen LogP contribution in [0.5, 0.6) is 11.5 Å². The third kappa shape index (κ3) is 3.84. The maximum absolute atomic E-state index is 10.3. The SMILES string of the molecule is Cc1ccc(C(O)CNC(C)c2ccc3c(c2)OCCO3)cc1. The quantitative estimate of drug-likeness (QED) is 0.890. The molecule has 2 aromatic carbocycles. The van der Waals surface area contributed by atoms with Gasteiger partial charge in [-0.05, 0) is 37.1 Å². The monoisotopic (exact) mass is 313 g/mol. The van der Waals surface area contributed by atoms with Crippen molar-refractivity contribution in [2.24, 2.45) is 0 Å². The number of hydrogen-bond donors (Lipinski definition) is 2. The molecule has 1 heterocycles. The molecule has 4 nitrogen and oxygen atoms in total. The van der Waals surface area contributed by atoms with Gasteiger partial charge in [0.1, 0.15) is 13.2 Å². The smallest absolute Gasteiger partial charge is 0.161 e. The highest BCUT2D eigenvalue weighted by atomic mass is 16.6. The number of fused-ring (bicyclic) bond motifs is 1. The molecule has 23 heavy (non-hydrogen) atoms. The molecule has 2 N–H and O–H groups in total. The Labute approximate surface area is 137 Å². The predicted octanol–water partition coefficient (Wildman–Crippen LogP) is 3.15. The van der Waals surface area contributed by atoms with Crippen LogP contribution in [0, 0.1) is 6.92 Å². The molecule has 0 aliphatic carbocycles. The van der Waals surface area contributed by atoms with Gasteiger partial charge in [0, 0.05) is 12.6 Å². The van der Waals surface area contributed by atoms with Crippen LogP contribution in [0.4, 0.5) is 0 Å². The maximum Gasteiger partial charge on any atom is 0.161 e. The summed E-state index contributed by atoms with van der Waals surface area (Å²) in [5.74, 6) is 1.59. The van der Waals surface area contributed by atoms with Crippen LogP contribution in [-0.4, -0.2) is 24.9 Å². The molecule has 0 bridgehead atoms. The van der Waals surface area contributed by atoms with Gasteiger partial charge >= 0.3 is 0 Å². The zero-order valence-corrected chi connectivity index (χ0v) is 13.6. The van der Waals surface area contributed by atoms with E-state index in [4.69, 9.17) is 9.47 Å². The van der Waals surface area contributed by atoms with E-state index in [1.807, 2.05) is 49.4 Å². The van der Waals surface area contributed by atoms with Crippen molar-refractivity contribution < 1.29 is 14.6 Å². The Morgan fingerprint density at radius 2 is 1.65 bits per heavy atom. The Morgan fingerprint density at radius 3 is 2.39 bits per heavy atom. The number of nitrogens with one attached hydrogen (secondary N) is 1. The third-order valence-corrected chi connectivity index (χ3v) is 4.15. The third-order valence-electron chi connectivity index (χ3n) is 4.15. The van der Waals surface area contributed by atoms with E-state index >= 15 is 0 Å². The number of rotatable bonds is 5. The molecule has 0 aromatic heterocycles. The van der Waals surface area contributed by atoms with Crippen LogP contribution in [-0.2, 0) is 0 Å². The van der Waals surface area contributed by atoms with E-state index in [9.17, 15) is 5.11 Å². The van der Waals surface area contributed by atoms with E-state index in [-0.39, 0.29) is 6.04 Å². The van der Waals surface area contributed by atoms with E-state index in [1.54, 1.807) is 0 Å². The number of aliphatic hydroxyl groups is 1. The van der Waals surface area contributed by atoms with Crippen LogP contribution in [0.25, 0.3) is 0 Å². The summed E-state index contributed by atoms with van der Waals surface area (Å²) < 4.78 is 11.2. The molecule has 2 aromatic rings. The largest absolute Gasteiger partial charge is 0.486 e. The van der Waals surface area contributed by atoms with Gasteiger partial charge in [-0.2, -0.15) is 0 Å². The van der Waals surface area contributed by atoms with Gasteiger partial charge in [-0.1, -0.05) is 35.9 Å². The predicted molar refractivity (Wildman–Crippen MR) is 90.0 cm³/mol. The molecule has 0 fully saturated rings. The summed E-state index contributed by atoms with van der Waals surface area (Å²) >= 11 is 0. The summed E-state index contributed by atoms with van der Waals surface area (Å²) in [6.45, 7) is 5.80. The minimum Gasteiger partial charge on any atom is -0.486 e. The number of benzene rings is 2. The zero-order valence-electron chi connectivity index (χ0n) is 13.6. The molecule has 0 spiro atoms. The lowest BCUT2D eigenvalue weighted by atomic mass is 10.1. The molecule has 4 heteroatoms. The molecule has 2 unspecified atom stereocenters. The molecule has 0 saturated carbocycles. The highest BCUT2D eigenvalue weighted by molar-refractivity contribution is 5.44. The molecule has 1 aliphatic heterocycles. The molecule has 3 rings (SSSR count). The van der Waals surface area contributed by atoms with Crippen molar-refractivity contribution in [3.63, 3.8) is 0 Å². The summed E-state index contributed by atoms with van der Waals surface area (Å²) in [6, 6.07) is 14.1. The van der Waals surface area contributed by atoms with Gasteiger partial charge in [0.15, 0.2) is 11.5 Å². The van der Waals surface area contributed by atoms with Gasteiger partial charge in [0.25, 0.3) is 0 Å². The molecular formula is C19H23NO3. The second-order valence-electron chi connectivity index (χ2n) is 5.96. The first kappa shape index (κ1) is 15.8. The zero-order chi connectivity index (χ0) is 16.2. The van der Waals surface area contributed by atoms with Crippen molar-refractivity contribution in [1.82, 2.24) is 5.32 Å². The number of hydrogen-bond acceptors (Lipinski definition) is 4. The van der Waals surface area contributed by atoms with Gasteiger partial charge in [0.05, 0.1) is 6.10 Å². The van der Waals surface area contributed by atoms with E-state index in [1.165, 1.54) is 5.56 Å². The van der Waals surface area contributed by atoms with E-state index < -0.39 is 6.10 Å². The average molecular weight is 313 g/mol. The minimum absolute atomic E-state index is 0.117. The van der Waals surface area contributed by atoms with Crippen molar-refractivity contribution in [3.8, 4) is 11.5 Å². The van der Waals surface area contributed by atoms with E-state index in [2.05, 4.69) is 12.2 Å². The van der Waals surface area contributed by atoms with Crippen LogP contribution >= 0.6 is 0 Å². The fourth-order valence-electron chi connectivity index (χ4n) is 2.64. The fourth-order valence-corrected chi connectivity index (χ4v) is 2.64. The molecule has 0 saturated heterocycles. The van der Waals surface area contributed by atoms with Crippen molar-refractivity contribution in [2.45, 2.75) is 26.0 Å². The summed E-state index contributed by atoms with van der Waals surface area (Å²) in [5.41, 5.74) is 3.24. The minimum atomic E-state index is -0.518. The van der Waals surface area contributed by atoms with Crippen molar-refractivity contribution >= 4 is 0 Å². The van der Waals surface area contributed by atoms with Crippen LogP contribution in [0.1, 0.15) is 35.8 Å². The summed E-state index contributed by atoms with van der Waals surface area (Å²) in [7, 11) is 0.